The molecule has 10 heteroatoms. The quantitative estimate of drug-likeness (QED) is 0.142. The molecule has 0 spiro atoms. The summed E-state index contributed by atoms with van der Waals surface area (Å²) in [7, 11) is 0. The molecule has 0 saturated heterocycles. The van der Waals surface area contributed by atoms with Crippen LogP contribution in [-0.2, 0) is 24.2 Å². The number of hydrazone groups is 1. The van der Waals surface area contributed by atoms with Crippen molar-refractivity contribution in [3.05, 3.63) is 136 Å². The molecule has 2 heterocycles. The zero-order valence-electron chi connectivity index (χ0n) is 26.9. The van der Waals surface area contributed by atoms with Crippen LogP contribution >= 0.6 is 11.6 Å². The third-order valence-corrected chi connectivity index (χ3v) is 8.47. The second-order valence-electron chi connectivity index (χ2n) is 11.7. The fourth-order valence-corrected chi connectivity index (χ4v) is 5.90. The molecule has 4 N–H and O–H groups in total. The molecule has 3 aromatic carbocycles. The first-order valence-electron chi connectivity index (χ1n) is 16.1. The van der Waals surface area contributed by atoms with Gasteiger partial charge in [-0.2, -0.15) is 5.10 Å². The number of carbonyl (C=O) groups excluding carboxylic acids is 2. The highest BCUT2D eigenvalue weighted by Crippen LogP contribution is 2.38. The zero-order chi connectivity index (χ0) is 33.6. The molecule has 48 heavy (non-hydrogen) atoms. The fourth-order valence-electron chi connectivity index (χ4n) is 5.67. The molecule has 1 fully saturated rings. The Morgan fingerprint density at radius 1 is 0.896 bits per heavy atom. The van der Waals surface area contributed by atoms with E-state index in [2.05, 4.69) is 27.0 Å². The Labute approximate surface area is 285 Å². The second-order valence-corrected chi connectivity index (χ2v) is 12.1. The van der Waals surface area contributed by atoms with E-state index in [-0.39, 0.29) is 18.1 Å². The molecule has 2 aliphatic rings. The van der Waals surface area contributed by atoms with Crippen molar-refractivity contribution >= 4 is 34.9 Å². The largest absolute Gasteiger partial charge is 0.508 e. The molecule has 3 amide bonds. The lowest BCUT2D eigenvalue weighted by atomic mass is 9.97. The van der Waals surface area contributed by atoms with Crippen LogP contribution in [0, 0.1) is 0 Å². The van der Waals surface area contributed by atoms with Gasteiger partial charge in [0, 0.05) is 31.0 Å². The van der Waals surface area contributed by atoms with Gasteiger partial charge in [0.05, 0.1) is 34.2 Å². The Morgan fingerprint density at radius 3 is 2.38 bits per heavy atom. The summed E-state index contributed by atoms with van der Waals surface area (Å²) in [6.45, 7) is 5.00. The van der Waals surface area contributed by atoms with Gasteiger partial charge in [-0.25, -0.2) is 4.79 Å². The maximum atomic E-state index is 13.3. The van der Waals surface area contributed by atoms with Gasteiger partial charge in [0.2, 0.25) is 5.91 Å². The van der Waals surface area contributed by atoms with Crippen LogP contribution in [-0.4, -0.2) is 39.3 Å². The number of hydrogen-bond donors (Lipinski definition) is 4. The van der Waals surface area contributed by atoms with Crippen LogP contribution in [0.4, 0.5) is 10.5 Å². The summed E-state index contributed by atoms with van der Waals surface area (Å²) in [5.41, 5.74) is 9.54. The molecule has 1 aliphatic carbocycles. The van der Waals surface area contributed by atoms with Gasteiger partial charge in [-0.15, -0.1) is 0 Å². The lowest BCUT2D eigenvalue weighted by molar-refractivity contribution is -0.120. The number of aromatic nitrogens is 1. The van der Waals surface area contributed by atoms with Gasteiger partial charge in [0.15, 0.2) is 0 Å². The normalized spacial score (nSPS) is 13.9. The van der Waals surface area contributed by atoms with E-state index in [9.17, 15) is 14.7 Å². The van der Waals surface area contributed by atoms with Crippen molar-refractivity contribution in [2.45, 2.75) is 46.1 Å². The predicted octanol–water partition coefficient (Wildman–Crippen LogP) is 7.32. The highest BCUT2D eigenvalue weighted by atomic mass is 35.5. The molecule has 1 aromatic heterocycles. The molecule has 1 saturated carbocycles. The Balaban J connectivity index is 1.21. The highest BCUT2D eigenvalue weighted by molar-refractivity contribution is 6.33. The van der Waals surface area contributed by atoms with Gasteiger partial charge in [-0.05, 0) is 83.9 Å². The summed E-state index contributed by atoms with van der Waals surface area (Å²) in [6.07, 6.45) is 7.99. The van der Waals surface area contributed by atoms with E-state index in [1.165, 1.54) is 11.8 Å². The van der Waals surface area contributed by atoms with Crippen molar-refractivity contribution in [2.24, 2.45) is 5.10 Å². The maximum absolute atomic E-state index is 13.3. The molecule has 0 atom stereocenters. The molecule has 1 aliphatic heterocycles. The third-order valence-electron chi connectivity index (χ3n) is 8.19. The Morgan fingerprint density at radius 2 is 1.62 bits per heavy atom. The van der Waals surface area contributed by atoms with E-state index in [4.69, 9.17) is 16.7 Å². The van der Waals surface area contributed by atoms with E-state index in [1.54, 1.807) is 24.4 Å². The Kier molecular flexibility index (Phi) is 9.87. The number of amides is 3. The summed E-state index contributed by atoms with van der Waals surface area (Å²) >= 11 is 6.39. The zero-order valence-corrected chi connectivity index (χ0v) is 27.6. The first-order chi connectivity index (χ1) is 23.3. The van der Waals surface area contributed by atoms with Gasteiger partial charge in [-0.3, -0.25) is 14.8 Å². The molecular formula is C38H37ClN6O3. The van der Waals surface area contributed by atoms with E-state index < -0.39 is 6.03 Å². The summed E-state index contributed by atoms with van der Waals surface area (Å²) in [6, 6.07) is 22.5. The van der Waals surface area contributed by atoms with Crippen LogP contribution in [0.2, 0.25) is 5.02 Å². The number of phenols is 1. The lowest BCUT2D eigenvalue weighted by Gasteiger charge is -2.28. The second kappa shape index (κ2) is 14.6. The number of rotatable bonds is 10. The van der Waals surface area contributed by atoms with Gasteiger partial charge < -0.3 is 21.1 Å². The topological polar surface area (TPSA) is 119 Å². The number of nitrogens with one attached hydrogen (secondary N) is 3. The number of pyridine rings is 1. The first-order valence-corrected chi connectivity index (χ1v) is 16.4. The molecule has 244 valence electrons. The third kappa shape index (κ3) is 7.75. The SMILES string of the molecule is CCc1cncc(Cl)c1NC(=O)NC1=CC(c2cccc(-c3cccc(CC(=O)NCc4cccc(O)c4)c3)c2)=NN(CC)C1=C1CC1. The number of halogens is 1. The number of benzene rings is 3. The van der Waals surface area contributed by atoms with E-state index >= 15 is 0 Å². The minimum Gasteiger partial charge on any atom is -0.508 e. The number of carbonyl (C=O) groups is 2. The number of aromatic hydroxyl groups is 1. The highest BCUT2D eigenvalue weighted by Gasteiger charge is 2.29. The number of urea groups is 1. The molecule has 0 unspecified atom stereocenters. The minimum atomic E-state index is -0.392. The number of nitrogens with zero attached hydrogens (tertiary/aromatic N) is 3. The van der Waals surface area contributed by atoms with Crippen LogP contribution in [0.1, 0.15) is 48.9 Å². The first kappa shape index (κ1) is 32.5. The number of anilines is 1. The van der Waals surface area contributed by atoms with Crippen molar-refractivity contribution in [3.8, 4) is 16.9 Å². The van der Waals surface area contributed by atoms with Crippen LogP contribution in [0.25, 0.3) is 11.1 Å². The number of phenolic OH excluding ortho intramolecular Hbond substituents is 1. The Hall–Kier alpha value is -5.41. The number of likely N-dealkylation sites (N-methyl/N-ethyl adjacent to an activating group) is 1. The molecule has 9 nitrogen and oxygen atoms in total. The average Bonchev–Trinajstić information content (AvgIpc) is 3.93. The monoisotopic (exact) mass is 660 g/mol. The number of allylic oxidation sites excluding steroid dienone is 2. The van der Waals surface area contributed by atoms with Gasteiger partial charge >= 0.3 is 6.03 Å². The summed E-state index contributed by atoms with van der Waals surface area (Å²) < 4.78 is 0. The van der Waals surface area contributed by atoms with Crippen LogP contribution in [0.5, 0.6) is 5.75 Å². The molecule has 6 rings (SSSR count). The van der Waals surface area contributed by atoms with Crippen LogP contribution in [0.3, 0.4) is 0 Å². The van der Waals surface area contributed by atoms with E-state index in [0.29, 0.717) is 35.9 Å². The van der Waals surface area contributed by atoms with Gasteiger partial charge in [0.25, 0.3) is 0 Å². The summed E-state index contributed by atoms with van der Waals surface area (Å²) in [4.78, 5) is 30.2. The summed E-state index contributed by atoms with van der Waals surface area (Å²) in [5.74, 6) is 0.0661. The average molecular weight is 661 g/mol. The standard InChI is InChI=1S/C38H37ClN6O3/c1-3-26-22-40-23-32(39)36(26)43-38(48)42-34-20-33(44-45(4-2)37(34)27-14-15-27)30-12-7-11-29(19-30)28-10-5-8-24(16-28)18-35(47)41-21-25-9-6-13-31(46)17-25/h5-13,16-17,19-20,22-23,46H,3-4,14-15,18,21H2,1-2H3,(H,41,47)(H2,40,42,43,48). The van der Waals surface area contributed by atoms with Crippen LogP contribution < -0.4 is 16.0 Å². The van der Waals surface area contributed by atoms with Crippen molar-refractivity contribution in [2.75, 3.05) is 11.9 Å². The molecule has 0 radical (unpaired) electrons. The predicted molar refractivity (Wildman–Crippen MR) is 190 cm³/mol. The van der Waals surface area contributed by atoms with Crippen molar-refractivity contribution in [3.63, 3.8) is 0 Å². The van der Waals surface area contributed by atoms with Gasteiger partial charge in [0.1, 0.15) is 5.75 Å². The molecule has 4 aromatic rings. The minimum absolute atomic E-state index is 0.104. The van der Waals surface area contributed by atoms with E-state index in [1.807, 2.05) is 73.5 Å². The smallest absolute Gasteiger partial charge is 0.323 e. The van der Waals surface area contributed by atoms with Crippen LogP contribution in [0.15, 0.2) is 113 Å². The van der Waals surface area contributed by atoms with Crippen molar-refractivity contribution < 1.29 is 14.7 Å². The fraction of sp³-hybridized carbons (Fsp3) is 0.211. The maximum Gasteiger partial charge on any atom is 0.323 e. The van der Waals surface area contributed by atoms with Gasteiger partial charge in [-0.1, -0.05) is 73.1 Å². The van der Waals surface area contributed by atoms with Crippen molar-refractivity contribution in [1.29, 1.82) is 0 Å². The number of hydrogen-bond acceptors (Lipinski definition) is 6. The Bertz CT molecular complexity index is 1960. The molecular weight excluding hydrogens is 624 g/mol. The lowest BCUT2D eigenvalue weighted by Crippen LogP contribution is -2.35. The number of aryl methyl sites for hydroxylation is 1. The summed E-state index contributed by atoms with van der Waals surface area (Å²) in [5, 5.41) is 25.9. The molecule has 0 bridgehead atoms. The van der Waals surface area contributed by atoms with E-state index in [0.717, 1.165) is 57.6 Å². The van der Waals surface area contributed by atoms with Crippen molar-refractivity contribution in [1.82, 2.24) is 20.6 Å².